The van der Waals surface area contributed by atoms with Crippen LogP contribution in [0.15, 0.2) is 0 Å². The minimum atomic E-state index is -3.31. The lowest BCUT2D eigenvalue weighted by molar-refractivity contribution is 0.116. The first-order valence-electron chi connectivity index (χ1n) is 6.95. The maximum Gasteiger partial charge on any atom is 0.404 e. The molecule has 1 aliphatic heterocycles. The summed E-state index contributed by atoms with van der Waals surface area (Å²) < 4.78 is 26.0. The van der Waals surface area contributed by atoms with E-state index in [2.05, 4.69) is 25.0 Å². The Morgan fingerprint density at radius 2 is 1.95 bits per heavy atom. The van der Waals surface area contributed by atoms with Gasteiger partial charge in [0, 0.05) is 20.7 Å². The second kappa shape index (κ2) is 6.03. The third kappa shape index (κ3) is 4.19. The molecule has 0 radical (unpaired) electrons. The smallest absolute Gasteiger partial charge is 0.404 e. The lowest BCUT2D eigenvalue weighted by atomic mass is 9.98. The van der Waals surface area contributed by atoms with Crippen LogP contribution in [0.3, 0.4) is 0 Å². The summed E-state index contributed by atoms with van der Waals surface area (Å²) in [5.74, 6) is 0. The van der Waals surface area contributed by atoms with E-state index in [1.54, 1.807) is 13.8 Å². The molecule has 0 aromatic heterocycles. The molecule has 0 aliphatic carbocycles. The SMILES string of the molecule is CC(C)S(=O)(=O)N1CC(NC(=O)O)C1CC[Si](C)(C)C. The highest BCUT2D eigenvalue weighted by atomic mass is 32.2. The van der Waals surface area contributed by atoms with Gasteiger partial charge in [0.2, 0.25) is 10.0 Å². The van der Waals surface area contributed by atoms with Crippen LogP contribution in [0.1, 0.15) is 20.3 Å². The highest BCUT2D eigenvalue weighted by molar-refractivity contribution is 7.89. The zero-order valence-corrected chi connectivity index (χ0v) is 14.7. The molecule has 2 atom stereocenters. The Kier molecular flexibility index (Phi) is 5.26. The first-order valence-corrected chi connectivity index (χ1v) is 12.2. The van der Waals surface area contributed by atoms with Crippen LogP contribution in [0, 0.1) is 0 Å². The predicted molar refractivity (Wildman–Crippen MR) is 82.3 cm³/mol. The van der Waals surface area contributed by atoms with Crippen molar-refractivity contribution >= 4 is 24.2 Å². The summed E-state index contributed by atoms with van der Waals surface area (Å²) in [6.45, 7) is 10.3. The van der Waals surface area contributed by atoms with Gasteiger partial charge >= 0.3 is 6.09 Å². The molecular formula is C12H26N2O4SSi. The Labute approximate surface area is 122 Å². The van der Waals surface area contributed by atoms with Crippen molar-refractivity contribution in [2.45, 2.75) is 63.3 Å². The average Bonchev–Trinajstić information content (AvgIpc) is 2.21. The summed E-state index contributed by atoms with van der Waals surface area (Å²) in [5, 5.41) is 10.8. The van der Waals surface area contributed by atoms with Crippen LogP contribution in [-0.4, -0.2) is 55.9 Å². The Morgan fingerprint density at radius 1 is 1.40 bits per heavy atom. The third-order valence-corrected chi connectivity index (χ3v) is 7.69. The first-order chi connectivity index (χ1) is 8.95. The van der Waals surface area contributed by atoms with Crippen molar-refractivity contribution in [2.24, 2.45) is 0 Å². The quantitative estimate of drug-likeness (QED) is 0.730. The number of nitrogens with one attached hydrogen (secondary N) is 1. The van der Waals surface area contributed by atoms with Crippen LogP contribution in [0.25, 0.3) is 0 Å². The van der Waals surface area contributed by atoms with Gasteiger partial charge in [-0.2, -0.15) is 4.31 Å². The number of rotatable bonds is 6. The minimum Gasteiger partial charge on any atom is -0.465 e. The largest absolute Gasteiger partial charge is 0.465 e. The monoisotopic (exact) mass is 322 g/mol. The third-order valence-electron chi connectivity index (χ3n) is 3.63. The van der Waals surface area contributed by atoms with Gasteiger partial charge in [-0.15, -0.1) is 0 Å². The van der Waals surface area contributed by atoms with Crippen LogP contribution < -0.4 is 5.32 Å². The number of carbonyl (C=O) groups is 1. The molecule has 1 amide bonds. The molecule has 1 saturated heterocycles. The highest BCUT2D eigenvalue weighted by Crippen LogP contribution is 2.30. The Morgan fingerprint density at radius 3 is 2.35 bits per heavy atom. The minimum absolute atomic E-state index is 0.231. The van der Waals surface area contributed by atoms with E-state index in [0.717, 1.165) is 12.5 Å². The molecule has 2 unspecified atom stereocenters. The molecule has 1 aliphatic rings. The number of hydrogen-bond acceptors (Lipinski definition) is 3. The molecule has 1 heterocycles. The summed E-state index contributed by atoms with van der Waals surface area (Å²) in [6.07, 6.45) is -0.360. The molecule has 0 aromatic rings. The van der Waals surface area contributed by atoms with Gasteiger partial charge in [0.05, 0.1) is 11.3 Å². The Hall–Kier alpha value is -0.603. The van der Waals surface area contributed by atoms with Crippen LogP contribution >= 0.6 is 0 Å². The van der Waals surface area contributed by atoms with E-state index in [9.17, 15) is 13.2 Å². The van der Waals surface area contributed by atoms with Crippen molar-refractivity contribution in [2.75, 3.05) is 6.54 Å². The zero-order valence-electron chi connectivity index (χ0n) is 12.9. The fourth-order valence-corrected chi connectivity index (χ4v) is 5.01. The average molecular weight is 323 g/mol. The summed E-state index contributed by atoms with van der Waals surface area (Å²) in [4.78, 5) is 10.8. The van der Waals surface area contributed by atoms with Crippen molar-refractivity contribution < 1.29 is 18.3 Å². The molecule has 0 aromatic carbocycles. The van der Waals surface area contributed by atoms with Crippen LogP contribution in [-0.2, 0) is 10.0 Å². The molecule has 0 spiro atoms. The Bertz CT molecular complexity index is 459. The van der Waals surface area contributed by atoms with Crippen molar-refractivity contribution in [1.29, 1.82) is 0 Å². The van der Waals surface area contributed by atoms with Gasteiger partial charge in [-0.3, -0.25) is 0 Å². The first kappa shape index (κ1) is 17.4. The number of carboxylic acid groups (broad SMARTS) is 1. The topological polar surface area (TPSA) is 86.7 Å². The van der Waals surface area contributed by atoms with Gasteiger partial charge < -0.3 is 10.4 Å². The fourth-order valence-electron chi connectivity index (χ4n) is 2.30. The molecule has 6 nitrogen and oxygen atoms in total. The highest BCUT2D eigenvalue weighted by Gasteiger charge is 2.47. The fraction of sp³-hybridized carbons (Fsp3) is 0.917. The van der Waals surface area contributed by atoms with Gasteiger partial charge in [0.15, 0.2) is 0 Å². The van der Waals surface area contributed by atoms with Crippen molar-refractivity contribution in [3.8, 4) is 0 Å². The van der Waals surface area contributed by atoms with E-state index in [-0.39, 0.29) is 18.6 Å². The summed E-state index contributed by atoms with van der Waals surface area (Å²) in [6, 6.07) is 0.474. The molecule has 2 N–H and O–H groups in total. The van der Waals surface area contributed by atoms with Crippen LogP contribution in [0.2, 0.25) is 25.7 Å². The number of sulfonamides is 1. The van der Waals surface area contributed by atoms with Crippen LogP contribution in [0.5, 0.6) is 0 Å². The number of amides is 1. The summed E-state index contributed by atoms with van der Waals surface area (Å²) in [7, 11) is -4.59. The van der Waals surface area contributed by atoms with Crippen molar-refractivity contribution in [1.82, 2.24) is 9.62 Å². The number of hydrogen-bond donors (Lipinski definition) is 2. The molecule has 8 heteroatoms. The van der Waals surface area contributed by atoms with E-state index in [4.69, 9.17) is 5.11 Å². The zero-order chi connectivity index (χ0) is 15.7. The van der Waals surface area contributed by atoms with Gasteiger partial charge in [-0.1, -0.05) is 25.7 Å². The second-order valence-corrected chi connectivity index (χ2v) is 14.9. The molecular weight excluding hydrogens is 296 g/mol. The molecule has 20 heavy (non-hydrogen) atoms. The maximum atomic E-state index is 12.2. The van der Waals surface area contributed by atoms with Gasteiger partial charge in [-0.05, 0) is 20.3 Å². The summed E-state index contributed by atoms with van der Waals surface area (Å²) >= 11 is 0. The summed E-state index contributed by atoms with van der Waals surface area (Å²) in [5.41, 5.74) is 0. The Balaban J connectivity index is 2.80. The molecule has 0 saturated carbocycles. The lowest BCUT2D eigenvalue weighted by Crippen LogP contribution is -2.68. The van der Waals surface area contributed by atoms with Crippen LogP contribution in [0.4, 0.5) is 4.79 Å². The van der Waals surface area contributed by atoms with E-state index >= 15 is 0 Å². The van der Waals surface area contributed by atoms with Gasteiger partial charge in [0.25, 0.3) is 0 Å². The second-order valence-electron chi connectivity index (χ2n) is 6.89. The predicted octanol–water partition coefficient (Wildman–Crippen LogP) is 1.77. The van der Waals surface area contributed by atoms with Crippen molar-refractivity contribution in [3.63, 3.8) is 0 Å². The number of nitrogens with zero attached hydrogens (tertiary/aromatic N) is 1. The van der Waals surface area contributed by atoms with E-state index < -0.39 is 29.4 Å². The van der Waals surface area contributed by atoms with E-state index in [1.165, 1.54) is 4.31 Å². The van der Waals surface area contributed by atoms with Gasteiger partial charge in [0.1, 0.15) is 0 Å². The normalized spacial score (nSPS) is 24.5. The maximum absolute atomic E-state index is 12.2. The van der Waals surface area contributed by atoms with E-state index in [1.807, 2.05) is 0 Å². The molecule has 1 fully saturated rings. The van der Waals surface area contributed by atoms with Gasteiger partial charge in [-0.25, -0.2) is 13.2 Å². The lowest BCUT2D eigenvalue weighted by Gasteiger charge is -2.48. The molecule has 118 valence electrons. The van der Waals surface area contributed by atoms with E-state index in [0.29, 0.717) is 0 Å². The standard InChI is InChI=1S/C12H26N2O4SSi/c1-9(2)19(17,18)14-8-10(13-12(15)16)11(14)6-7-20(3,4)5/h9-11,13H,6-8H2,1-5H3,(H,15,16). The molecule has 0 bridgehead atoms. The molecule has 1 rings (SSSR count). The van der Waals surface area contributed by atoms with Crippen molar-refractivity contribution in [3.05, 3.63) is 0 Å².